The maximum absolute atomic E-state index is 3.19. The third-order valence-electron chi connectivity index (χ3n) is 8.19. The first-order chi connectivity index (χ1) is 20.5. The monoisotopic (exact) mass is 804 g/mol. The van der Waals surface area contributed by atoms with E-state index in [4.69, 9.17) is 0 Å². The summed E-state index contributed by atoms with van der Waals surface area (Å²) in [6.07, 6.45) is 0. The molecule has 0 saturated carbocycles. The van der Waals surface area contributed by atoms with Crippen LogP contribution < -0.4 is 31.8 Å². The van der Waals surface area contributed by atoms with Crippen LogP contribution in [-0.2, 0) is 0 Å². The Morgan fingerprint density at radius 1 is 0.262 bits per heavy atom. The Morgan fingerprint density at radius 2 is 0.405 bits per heavy atom. The van der Waals surface area contributed by atoms with Gasteiger partial charge in [-0.3, -0.25) is 0 Å². The third kappa shape index (κ3) is 4.72. The van der Waals surface area contributed by atoms with Gasteiger partial charge in [0.1, 0.15) is 0 Å². The van der Waals surface area contributed by atoms with Crippen LogP contribution in [0, 0.1) is 0 Å². The molecular formula is C38H32I2P2. The summed E-state index contributed by atoms with van der Waals surface area (Å²) in [6, 6.07) is 66.8. The van der Waals surface area contributed by atoms with Gasteiger partial charge in [0.15, 0.2) is 0 Å². The predicted octanol–water partition coefficient (Wildman–Crippen LogP) is 9.22. The average molecular weight is 804 g/mol. The van der Waals surface area contributed by atoms with Gasteiger partial charge in [0.05, 0.1) is 0 Å². The Labute approximate surface area is 275 Å². The van der Waals surface area contributed by atoms with E-state index < -0.39 is 8.49 Å². The second-order valence-electron chi connectivity index (χ2n) is 10.5. The standard InChI is InChI=1S/C38H32I2P2/c39-41(33-19-7-1-8-20-33,34-21-9-2-10-22-34,35-23-11-3-12-24-35)31-32-42(40,36-25-13-4-14-26-36,37-27-15-5-16-28-37)38-29-17-6-18-30-38/h1-32H. The number of halogens is 2. The summed E-state index contributed by atoms with van der Waals surface area (Å²) >= 11 is 5.74. The molecule has 0 spiro atoms. The molecule has 6 aromatic carbocycles. The molecule has 4 heteroatoms. The molecule has 0 nitrogen and oxygen atoms in total. The Morgan fingerprint density at radius 3 is 0.548 bits per heavy atom. The van der Waals surface area contributed by atoms with E-state index in [1.165, 1.54) is 31.8 Å². The second-order valence-corrected chi connectivity index (χ2v) is 30.5. The SMILES string of the molecule is IP(C=CP(I)(c1ccccc1)(c1ccccc1)c1ccccc1)(c1ccccc1)(c1ccccc1)c1ccccc1. The van der Waals surface area contributed by atoms with Crippen molar-refractivity contribution >= 4 is 84.4 Å². The van der Waals surface area contributed by atoms with Gasteiger partial charge >= 0.3 is 278 Å². The van der Waals surface area contributed by atoms with Gasteiger partial charge in [-0.05, 0) is 0 Å². The summed E-state index contributed by atoms with van der Waals surface area (Å²) < 4.78 is -6.38. The minimum absolute atomic E-state index is 1.34. The molecule has 208 valence electrons. The van der Waals surface area contributed by atoms with Gasteiger partial charge in [-0.25, -0.2) is 0 Å². The topological polar surface area (TPSA) is 0 Å². The van der Waals surface area contributed by atoms with Crippen molar-refractivity contribution in [1.82, 2.24) is 0 Å². The van der Waals surface area contributed by atoms with Crippen molar-refractivity contribution in [2.45, 2.75) is 0 Å². The summed E-state index contributed by atoms with van der Waals surface area (Å²) in [7, 11) is 0. The molecule has 42 heavy (non-hydrogen) atoms. The molecule has 0 bridgehead atoms. The summed E-state index contributed by atoms with van der Waals surface area (Å²) in [6.45, 7) is 0. The van der Waals surface area contributed by atoms with E-state index in [1.54, 1.807) is 0 Å². The van der Waals surface area contributed by atoms with E-state index in [1.807, 2.05) is 0 Å². The fourth-order valence-corrected chi connectivity index (χ4v) is 23.7. The normalized spacial score (nSPS) is 14.0. The molecule has 0 unspecified atom stereocenters. The van der Waals surface area contributed by atoms with Gasteiger partial charge in [0.25, 0.3) is 0 Å². The van der Waals surface area contributed by atoms with Gasteiger partial charge < -0.3 is 0 Å². The first kappa shape index (κ1) is 29.5. The first-order valence-electron chi connectivity index (χ1n) is 14.0. The molecule has 0 atom stereocenters. The molecule has 0 aliphatic carbocycles. The summed E-state index contributed by atoms with van der Waals surface area (Å²) in [5, 5.41) is 8.05. The molecule has 0 heterocycles. The van der Waals surface area contributed by atoms with Crippen LogP contribution in [0.25, 0.3) is 0 Å². The van der Waals surface area contributed by atoms with Crippen molar-refractivity contribution in [2.24, 2.45) is 0 Å². The van der Waals surface area contributed by atoms with E-state index in [2.05, 4.69) is 238 Å². The average Bonchev–Trinajstić information content (AvgIpc) is 3.09. The molecule has 0 aliphatic heterocycles. The Kier molecular flexibility index (Phi) is 8.28. The van der Waals surface area contributed by atoms with E-state index in [-0.39, 0.29) is 0 Å². The maximum atomic E-state index is 2.87. The van der Waals surface area contributed by atoms with Crippen LogP contribution in [0.2, 0.25) is 0 Å². The number of hydrogen-bond donors (Lipinski definition) is 0. The molecule has 0 aromatic heterocycles. The summed E-state index contributed by atoms with van der Waals surface area (Å²) in [4.78, 5) is 0. The number of benzene rings is 6. The zero-order valence-corrected chi connectivity index (χ0v) is 29.2. The van der Waals surface area contributed by atoms with Crippen molar-refractivity contribution < 1.29 is 0 Å². The zero-order valence-electron chi connectivity index (χ0n) is 23.1. The molecule has 0 saturated heterocycles. The molecule has 0 N–H and O–H groups in total. The second kappa shape index (κ2) is 11.8. The Balaban J connectivity index is 1.81. The van der Waals surface area contributed by atoms with Crippen molar-refractivity contribution in [2.75, 3.05) is 0 Å². The zero-order chi connectivity index (χ0) is 29.0. The van der Waals surface area contributed by atoms with Crippen LogP contribution in [-0.4, -0.2) is 0 Å². The van der Waals surface area contributed by atoms with Crippen LogP contribution in [0.3, 0.4) is 0 Å². The first-order valence-corrected chi connectivity index (χ1v) is 24.2. The molecule has 0 aliphatic rings. The summed E-state index contributed by atoms with van der Waals surface area (Å²) in [5.41, 5.74) is 0. The quantitative estimate of drug-likeness (QED) is 0.106. The van der Waals surface area contributed by atoms with E-state index in [9.17, 15) is 0 Å². The van der Waals surface area contributed by atoms with Gasteiger partial charge in [-0.15, -0.1) is 0 Å². The van der Waals surface area contributed by atoms with Crippen molar-refractivity contribution in [3.05, 3.63) is 194 Å². The van der Waals surface area contributed by atoms with Gasteiger partial charge in [-0.1, -0.05) is 0 Å². The molecule has 0 fully saturated rings. The molecule has 0 radical (unpaired) electrons. The van der Waals surface area contributed by atoms with Gasteiger partial charge in [0, 0.05) is 0 Å². The Bertz CT molecular complexity index is 1460. The van der Waals surface area contributed by atoms with Crippen molar-refractivity contribution in [3.8, 4) is 0 Å². The third-order valence-corrected chi connectivity index (χ3v) is 29.7. The molecule has 6 aromatic rings. The molecular weight excluding hydrogens is 772 g/mol. The van der Waals surface area contributed by atoms with Crippen LogP contribution in [0.4, 0.5) is 0 Å². The van der Waals surface area contributed by atoms with Crippen LogP contribution in [0.1, 0.15) is 0 Å². The fraction of sp³-hybridized carbons (Fsp3) is 0. The summed E-state index contributed by atoms with van der Waals surface area (Å²) in [5.74, 6) is 5.28. The van der Waals surface area contributed by atoms with E-state index in [0.29, 0.717) is 0 Å². The van der Waals surface area contributed by atoms with Crippen molar-refractivity contribution in [3.63, 3.8) is 0 Å². The number of hydrogen-bond acceptors (Lipinski definition) is 0. The van der Waals surface area contributed by atoms with E-state index >= 15 is 0 Å². The molecule has 0 amide bonds. The van der Waals surface area contributed by atoms with Crippen LogP contribution in [0.15, 0.2) is 194 Å². The van der Waals surface area contributed by atoms with Crippen molar-refractivity contribution in [1.29, 1.82) is 0 Å². The Hall–Kier alpha value is -2.62. The van der Waals surface area contributed by atoms with Gasteiger partial charge in [0.2, 0.25) is 0 Å². The molecule has 6 rings (SSSR count). The number of rotatable bonds is 8. The fourth-order valence-electron chi connectivity index (χ4n) is 5.98. The minimum atomic E-state index is -3.19. The predicted molar refractivity (Wildman–Crippen MR) is 207 cm³/mol. The van der Waals surface area contributed by atoms with Crippen LogP contribution >= 0.6 is 52.6 Å². The van der Waals surface area contributed by atoms with Crippen LogP contribution in [0.5, 0.6) is 0 Å². The van der Waals surface area contributed by atoms with E-state index in [0.717, 1.165) is 0 Å². The van der Waals surface area contributed by atoms with Gasteiger partial charge in [-0.2, -0.15) is 0 Å².